The van der Waals surface area contributed by atoms with E-state index in [2.05, 4.69) is 23.7 Å². The number of rotatable bonds is 6. The van der Waals surface area contributed by atoms with Crippen molar-refractivity contribution >= 4 is 11.8 Å². The average Bonchev–Trinajstić information content (AvgIpc) is 2.19. The molecule has 0 fully saturated rings. The molecule has 1 atom stereocenters. The molecule has 0 aromatic carbocycles. The Morgan fingerprint density at radius 1 is 1.38 bits per heavy atom. The molecule has 0 saturated carbocycles. The number of hydrogen-bond donors (Lipinski definition) is 1. The monoisotopic (exact) mass is 199 g/mol. The molecule has 1 rings (SSSR count). The van der Waals surface area contributed by atoms with Crippen LogP contribution in [0.25, 0.3) is 0 Å². The van der Waals surface area contributed by atoms with Crippen LogP contribution in [0.3, 0.4) is 0 Å². The van der Waals surface area contributed by atoms with Crippen LogP contribution in [0.1, 0.15) is 32.1 Å². The fourth-order valence-corrected chi connectivity index (χ4v) is 2.15. The lowest BCUT2D eigenvalue weighted by atomic mass is 10.0. The van der Waals surface area contributed by atoms with Crippen LogP contribution in [0.4, 0.5) is 0 Å². The molecule has 0 aromatic rings. The molecular formula is C11H21NS. The Hall–Kier alpha value is 0.0500. The van der Waals surface area contributed by atoms with Crippen LogP contribution in [-0.4, -0.2) is 24.6 Å². The molecule has 0 bridgehead atoms. The first-order chi connectivity index (χ1) is 6.43. The quantitative estimate of drug-likeness (QED) is 0.521. The molecule has 0 amide bonds. The highest BCUT2D eigenvalue weighted by molar-refractivity contribution is 7.98. The number of unbranched alkanes of at least 4 members (excludes halogenated alkanes) is 1. The van der Waals surface area contributed by atoms with Gasteiger partial charge in [0.1, 0.15) is 0 Å². The first kappa shape index (κ1) is 11.1. The van der Waals surface area contributed by atoms with Crippen molar-refractivity contribution in [2.24, 2.45) is 0 Å². The van der Waals surface area contributed by atoms with E-state index >= 15 is 0 Å². The van der Waals surface area contributed by atoms with Gasteiger partial charge in [0.25, 0.3) is 0 Å². The smallest absolute Gasteiger partial charge is 0.0104 e. The van der Waals surface area contributed by atoms with Gasteiger partial charge in [-0.3, -0.25) is 0 Å². The number of nitrogens with one attached hydrogen (secondary N) is 1. The van der Waals surface area contributed by atoms with Crippen LogP contribution in [0, 0.1) is 0 Å². The molecule has 1 unspecified atom stereocenters. The van der Waals surface area contributed by atoms with E-state index in [1.165, 1.54) is 44.4 Å². The molecular weight excluding hydrogens is 178 g/mol. The molecule has 0 heterocycles. The van der Waals surface area contributed by atoms with Crippen LogP contribution in [0.5, 0.6) is 0 Å². The SMILES string of the molecule is CSCCCCNC1CC=CCC1. The molecule has 2 heteroatoms. The Kier molecular flexibility index (Phi) is 6.38. The second-order valence-electron chi connectivity index (χ2n) is 3.64. The fourth-order valence-electron chi connectivity index (χ4n) is 1.66. The van der Waals surface area contributed by atoms with Crippen molar-refractivity contribution in [1.29, 1.82) is 0 Å². The van der Waals surface area contributed by atoms with Gasteiger partial charge in [-0.15, -0.1) is 0 Å². The minimum absolute atomic E-state index is 0.763. The second kappa shape index (κ2) is 7.45. The van der Waals surface area contributed by atoms with E-state index < -0.39 is 0 Å². The Morgan fingerprint density at radius 3 is 3.00 bits per heavy atom. The maximum atomic E-state index is 3.62. The van der Waals surface area contributed by atoms with Crippen molar-refractivity contribution in [2.45, 2.75) is 38.1 Å². The van der Waals surface area contributed by atoms with E-state index in [0.29, 0.717) is 0 Å². The Bertz CT molecular complexity index is 145. The van der Waals surface area contributed by atoms with Gasteiger partial charge in [-0.05, 0) is 50.7 Å². The summed E-state index contributed by atoms with van der Waals surface area (Å²) in [7, 11) is 0. The maximum absolute atomic E-state index is 3.62. The van der Waals surface area contributed by atoms with Gasteiger partial charge in [-0.2, -0.15) is 11.8 Å². The molecule has 0 spiro atoms. The summed E-state index contributed by atoms with van der Waals surface area (Å²) in [6.07, 6.45) is 13.3. The Balaban J connectivity index is 1.90. The highest BCUT2D eigenvalue weighted by Gasteiger charge is 2.07. The molecule has 1 aliphatic carbocycles. The predicted octanol–water partition coefficient (Wildman–Crippen LogP) is 2.83. The third-order valence-electron chi connectivity index (χ3n) is 2.48. The minimum Gasteiger partial charge on any atom is -0.314 e. The van der Waals surface area contributed by atoms with E-state index in [0.717, 1.165) is 6.04 Å². The molecule has 13 heavy (non-hydrogen) atoms. The number of hydrogen-bond acceptors (Lipinski definition) is 2. The molecule has 0 radical (unpaired) electrons. The van der Waals surface area contributed by atoms with Crippen molar-refractivity contribution in [3.63, 3.8) is 0 Å². The Morgan fingerprint density at radius 2 is 2.31 bits per heavy atom. The number of thioether (sulfide) groups is 1. The van der Waals surface area contributed by atoms with Gasteiger partial charge in [-0.1, -0.05) is 12.2 Å². The fraction of sp³-hybridized carbons (Fsp3) is 0.818. The third kappa shape index (κ3) is 5.37. The van der Waals surface area contributed by atoms with Crippen LogP contribution < -0.4 is 5.32 Å². The zero-order chi connectivity index (χ0) is 9.36. The highest BCUT2D eigenvalue weighted by Crippen LogP contribution is 2.10. The molecule has 1 aliphatic rings. The summed E-state index contributed by atoms with van der Waals surface area (Å²) in [5.41, 5.74) is 0. The summed E-state index contributed by atoms with van der Waals surface area (Å²) in [5.74, 6) is 1.31. The van der Waals surface area contributed by atoms with Crippen LogP contribution in [-0.2, 0) is 0 Å². The van der Waals surface area contributed by atoms with Crippen LogP contribution in [0.2, 0.25) is 0 Å². The van der Waals surface area contributed by atoms with Gasteiger partial charge in [0, 0.05) is 6.04 Å². The van der Waals surface area contributed by atoms with Crippen molar-refractivity contribution in [2.75, 3.05) is 18.6 Å². The van der Waals surface area contributed by atoms with Crippen LogP contribution in [0.15, 0.2) is 12.2 Å². The molecule has 1 nitrogen and oxygen atoms in total. The lowest BCUT2D eigenvalue weighted by Crippen LogP contribution is -2.30. The average molecular weight is 199 g/mol. The zero-order valence-corrected chi connectivity index (χ0v) is 9.41. The summed E-state index contributed by atoms with van der Waals surface area (Å²) in [6.45, 7) is 1.21. The maximum Gasteiger partial charge on any atom is 0.0104 e. The minimum atomic E-state index is 0.763. The van der Waals surface area contributed by atoms with Gasteiger partial charge >= 0.3 is 0 Å². The van der Waals surface area contributed by atoms with Crippen molar-refractivity contribution in [1.82, 2.24) is 5.32 Å². The molecule has 76 valence electrons. The molecule has 1 N–H and O–H groups in total. The molecule has 0 aromatic heterocycles. The lowest BCUT2D eigenvalue weighted by molar-refractivity contribution is 0.469. The predicted molar refractivity (Wildman–Crippen MR) is 62.4 cm³/mol. The van der Waals surface area contributed by atoms with E-state index in [1.54, 1.807) is 0 Å². The normalized spacial score (nSPS) is 22.1. The lowest BCUT2D eigenvalue weighted by Gasteiger charge is -2.19. The Labute approximate surface area is 86.4 Å². The first-order valence-electron chi connectivity index (χ1n) is 5.31. The topological polar surface area (TPSA) is 12.0 Å². The highest BCUT2D eigenvalue weighted by atomic mass is 32.2. The summed E-state index contributed by atoms with van der Waals surface area (Å²) in [4.78, 5) is 0. The summed E-state index contributed by atoms with van der Waals surface area (Å²) in [5, 5.41) is 3.62. The van der Waals surface area contributed by atoms with E-state index in [4.69, 9.17) is 0 Å². The van der Waals surface area contributed by atoms with Crippen LogP contribution >= 0.6 is 11.8 Å². The van der Waals surface area contributed by atoms with Crippen molar-refractivity contribution in [3.8, 4) is 0 Å². The van der Waals surface area contributed by atoms with Gasteiger partial charge in [0.2, 0.25) is 0 Å². The summed E-state index contributed by atoms with van der Waals surface area (Å²) < 4.78 is 0. The van der Waals surface area contributed by atoms with Crippen molar-refractivity contribution < 1.29 is 0 Å². The standard InChI is InChI=1S/C11H21NS/c1-13-10-6-5-9-12-11-7-3-2-4-8-11/h2-3,11-12H,4-10H2,1H3. The molecule has 0 saturated heterocycles. The summed E-state index contributed by atoms with van der Waals surface area (Å²) in [6, 6.07) is 0.763. The van der Waals surface area contributed by atoms with Gasteiger partial charge in [-0.25, -0.2) is 0 Å². The zero-order valence-electron chi connectivity index (χ0n) is 8.59. The summed E-state index contributed by atoms with van der Waals surface area (Å²) >= 11 is 1.95. The number of allylic oxidation sites excluding steroid dienone is 1. The first-order valence-corrected chi connectivity index (χ1v) is 6.70. The second-order valence-corrected chi connectivity index (χ2v) is 4.62. The van der Waals surface area contributed by atoms with E-state index in [-0.39, 0.29) is 0 Å². The van der Waals surface area contributed by atoms with Crippen molar-refractivity contribution in [3.05, 3.63) is 12.2 Å². The largest absolute Gasteiger partial charge is 0.314 e. The van der Waals surface area contributed by atoms with E-state index in [9.17, 15) is 0 Å². The van der Waals surface area contributed by atoms with Gasteiger partial charge in [0.05, 0.1) is 0 Å². The third-order valence-corrected chi connectivity index (χ3v) is 3.17. The van der Waals surface area contributed by atoms with E-state index in [1.807, 2.05) is 11.8 Å². The van der Waals surface area contributed by atoms with Gasteiger partial charge < -0.3 is 5.32 Å². The molecule has 0 aliphatic heterocycles. The van der Waals surface area contributed by atoms with Gasteiger partial charge in [0.15, 0.2) is 0 Å².